The Balaban J connectivity index is 2.24. The molecule has 22 heavy (non-hydrogen) atoms. The zero-order chi connectivity index (χ0) is 16.1. The van der Waals surface area contributed by atoms with Crippen molar-refractivity contribution in [1.29, 1.82) is 0 Å². The van der Waals surface area contributed by atoms with Crippen molar-refractivity contribution < 1.29 is 14.7 Å². The minimum atomic E-state index is -1.04. The lowest BCUT2D eigenvalue weighted by atomic mass is 10.2. The van der Waals surface area contributed by atoms with Crippen LogP contribution in [0.4, 0.5) is 0 Å². The van der Waals surface area contributed by atoms with Crippen molar-refractivity contribution in [2.75, 3.05) is 12.0 Å². The normalized spacial score (nSPS) is 18.0. The zero-order valence-electron chi connectivity index (χ0n) is 11.8. The van der Waals surface area contributed by atoms with Gasteiger partial charge in [-0.2, -0.15) is 11.8 Å². The van der Waals surface area contributed by atoms with Gasteiger partial charge in [-0.1, -0.05) is 30.0 Å². The number of aromatic nitrogens is 1. The van der Waals surface area contributed by atoms with Gasteiger partial charge in [-0.15, -0.1) is 0 Å². The van der Waals surface area contributed by atoms with Crippen molar-refractivity contribution in [2.24, 2.45) is 0 Å². The molecule has 1 fully saturated rings. The zero-order valence-corrected chi connectivity index (χ0v) is 14.2. The maximum atomic E-state index is 12.5. The van der Waals surface area contributed by atoms with E-state index in [0.29, 0.717) is 22.8 Å². The number of carbonyl (C=O) groups excluding carboxylic acids is 1. The Morgan fingerprint density at radius 1 is 1.59 bits per heavy atom. The third-order valence-electron chi connectivity index (χ3n) is 2.98. The van der Waals surface area contributed by atoms with Crippen molar-refractivity contribution in [3.8, 4) is 0 Å². The molecule has 1 aromatic heterocycles. The van der Waals surface area contributed by atoms with E-state index in [4.69, 9.17) is 12.2 Å². The van der Waals surface area contributed by atoms with Crippen LogP contribution in [-0.4, -0.2) is 49.2 Å². The van der Waals surface area contributed by atoms with E-state index in [1.165, 1.54) is 16.7 Å². The Labute approximate surface area is 142 Å². The Morgan fingerprint density at radius 2 is 2.36 bits per heavy atom. The molecule has 1 aliphatic heterocycles. The first-order valence-corrected chi connectivity index (χ1v) is 9.06. The number of nitrogens with zero attached hydrogens (tertiary/aromatic N) is 2. The SMILES string of the molecule is CSCCC(C(=O)O)N1C(=O)C(=Cc2ccccn2)SC1=S. The fraction of sp³-hybridized carbons (Fsp3) is 0.286. The van der Waals surface area contributed by atoms with Crippen molar-refractivity contribution in [3.63, 3.8) is 0 Å². The van der Waals surface area contributed by atoms with Crippen LogP contribution in [0.3, 0.4) is 0 Å². The van der Waals surface area contributed by atoms with Gasteiger partial charge in [0.25, 0.3) is 5.91 Å². The summed E-state index contributed by atoms with van der Waals surface area (Å²) in [6.07, 6.45) is 5.52. The van der Waals surface area contributed by atoms with E-state index in [9.17, 15) is 14.7 Å². The molecule has 1 aliphatic rings. The second-order valence-electron chi connectivity index (χ2n) is 4.44. The van der Waals surface area contributed by atoms with Crippen LogP contribution >= 0.6 is 35.7 Å². The van der Waals surface area contributed by atoms with E-state index in [1.807, 2.05) is 12.3 Å². The van der Waals surface area contributed by atoms with Crippen LogP contribution in [0, 0.1) is 0 Å². The Kier molecular flexibility index (Phi) is 5.98. The van der Waals surface area contributed by atoms with Crippen molar-refractivity contribution in [1.82, 2.24) is 9.88 Å². The topological polar surface area (TPSA) is 70.5 Å². The van der Waals surface area contributed by atoms with Gasteiger partial charge in [-0.25, -0.2) is 4.79 Å². The molecule has 2 heterocycles. The lowest BCUT2D eigenvalue weighted by molar-refractivity contribution is -0.145. The lowest BCUT2D eigenvalue weighted by Gasteiger charge is -2.22. The predicted molar refractivity (Wildman–Crippen MR) is 93.7 cm³/mol. The summed E-state index contributed by atoms with van der Waals surface area (Å²) in [7, 11) is 0. The number of aliphatic carboxylic acids is 1. The van der Waals surface area contributed by atoms with E-state index in [-0.39, 0.29) is 10.2 Å². The average Bonchev–Trinajstić information content (AvgIpc) is 2.76. The number of thioether (sulfide) groups is 2. The molecule has 116 valence electrons. The van der Waals surface area contributed by atoms with Crippen LogP contribution in [0.15, 0.2) is 29.3 Å². The van der Waals surface area contributed by atoms with Crippen LogP contribution in [0.5, 0.6) is 0 Å². The van der Waals surface area contributed by atoms with Crippen LogP contribution in [0.2, 0.25) is 0 Å². The van der Waals surface area contributed by atoms with Gasteiger partial charge in [0.15, 0.2) is 0 Å². The summed E-state index contributed by atoms with van der Waals surface area (Å²) in [5, 5.41) is 9.37. The van der Waals surface area contributed by atoms with Crippen LogP contribution in [-0.2, 0) is 9.59 Å². The maximum Gasteiger partial charge on any atom is 0.326 e. The van der Waals surface area contributed by atoms with Crippen LogP contribution in [0.1, 0.15) is 12.1 Å². The molecule has 0 saturated carbocycles. The molecular weight excluding hydrogens is 340 g/mol. The monoisotopic (exact) mass is 354 g/mol. The molecule has 1 aromatic rings. The van der Waals surface area contributed by atoms with Gasteiger partial charge in [-0.05, 0) is 36.6 Å². The number of amides is 1. The molecule has 2 rings (SSSR count). The molecule has 0 spiro atoms. The number of carboxylic acid groups (broad SMARTS) is 1. The van der Waals surface area contributed by atoms with Gasteiger partial charge in [0, 0.05) is 6.20 Å². The van der Waals surface area contributed by atoms with E-state index in [0.717, 1.165) is 11.8 Å². The molecule has 1 saturated heterocycles. The third-order valence-corrected chi connectivity index (χ3v) is 4.96. The molecular formula is C14H14N2O3S3. The first-order valence-electron chi connectivity index (χ1n) is 6.44. The number of hydrogen-bond donors (Lipinski definition) is 1. The lowest BCUT2D eigenvalue weighted by Crippen LogP contribution is -2.44. The highest BCUT2D eigenvalue weighted by molar-refractivity contribution is 8.26. The number of pyridine rings is 1. The van der Waals surface area contributed by atoms with Gasteiger partial charge in [0.1, 0.15) is 10.4 Å². The fourth-order valence-electron chi connectivity index (χ4n) is 1.94. The number of carboxylic acids is 1. The Morgan fingerprint density at radius 3 is 2.95 bits per heavy atom. The van der Waals surface area contributed by atoms with Crippen molar-refractivity contribution in [2.45, 2.75) is 12.5 Å². The smallest absolute Gasteiger partial charge is 0.326 e. The molecule has 0 radical (unpaired) electrons. The molecule has 0 bridgehead atoms. The number of thiocarbonyl (C=S) groups is 1. The Hall–Kier alpha value is -1.38. The number of hydrogen-bond acceptors (Lipinski definition) is 6. The minimum Gasteiger partial charge on any atom is -0.480 e. The van der Waals surface area contributed by atoms with Gasteiger partial charge in [0.2, 0.25) is 0 Å². The summed E-state index contributed by atoms with van der Waals surface area (Å²) in [5.41, 5.74) is 0.638. The van der Waals surface area contributed by atoms with Crippen molar-refractivity contribution >= 4 is 58.0 Å². The molecule has 8 heteroatoms. The fourth-order valence-corrected chi connectivity index (χ4v) is 3.74. The predicted octanol–water partition coefficient (Wildman–Crippen LogP) is 2.49. The van der Waals surface area contributed by atoms with Gasteiger partial charge in [-0.3, -0.25) is 14.7 Å². The molecule has 1 unspecified atom stereocenters. The number of rotatable bonds is 6. The highest BCUT2D eigenvalue weighted by atomic mass is 32.2. The first-order chi connectivity index (χ1) is 10.5. The summed E-state index contributed by atoms with van der Waals surface area (Å²) in [6.45, 7) is 0. The van der Waals surface area contributed by atoms with E-state index in [2.05, 4.69) is 4.98 Å². The largest absolute Gasteiger partial charge is 0.480 e. The molecule has 0 aliphatic carbocycles. The van der Waals surface area contributed by atoms with Gasteiger partial charge >= 0.3 is 5.97 Å². The van der Waals surface area contributed by atoms with E-state index >= 15 is 0 Å². The standard InChI is InChI=1S/C14H14N2O3S3/c1-21-7-5-10(13(18)19)16-12(17)11(22-14(16)20)8-9-4-2-3-6-15-9/h2-4,6,8,10H,5,7H2,1H3,(H,18,19). The summed E-state index contributed by atoms with van der Waals surface area (Å²) in [5.74, 6) is -0.758. The summed E-state index contributed by atoms with van der Waals surface area (Å²) < 4.78 is 0.278. The second kappa shape index (κ2) is 7.75. The van der Waals surface area contributed by atoms with E-state index < -0.39 is 12.0 Å². The quantitative estimate of drug-likeness (QED) is 0.621. The average molecular weight is 354 g/mol. The molecule has 1 amide bonds. The minimum absolute atomic E-state index is 0.278. The number of carbonyl (C=O) groups is 2. The highest BCUT2D eigenvalue weighted by Crippen LogP contribution is 2.34. The molecule has 0 aromatic carbocycles. The van der Waals surface area contributed by atoms with Crippen LogP contribution < -0.4 is 0 Å². The Bertz CT molecular complexity index is 619. The van der Waals surface area contributed by atoms with Crippen LogP contribution in [0.25, 0.3) is 6.08 Å². The summed E-state index contributed by atoms with van der Waals surface area (Å²) >= 11 is 7.84. The highest BCUT2D eigenvalue weighted by Gasteiger charge is 2.40. The van der Waals surface area contributed by atoms with E-state index in [1.54, 1.807) is 24.4 Å². The van der Waals surface area contributed by atoms with Crippen molar-refractivity contribution in [3.05, 3.63) is 35.0 Å². The maximum absolute atomic E-state index is 12.5. The van der Waals surface area contributed by atoms with Gasteiger partial charge in [0.05, 0.1) is 10.6 Å². The third kappa shape index (κ3) is 3.88. The molecule has 1 N–H and O–H groups in total. The molecule has 5 nitrogen and oxygen atoms in total. The first kappa shape index (κ1) is 17.0. The summed E-state index contributed by atoms with van der Waals surface area (Å²) in [6, 6.07) is 4.45. The second-order valence-corrected chi connectivity index (χ2v) is 7.10. The van der Waals surface area contributed by atoms with Gasteiger partial charge < -0.3 is 5.11 Å². The summed E-state index contributed by atoms with van der Waals surface area (Å²) in [4.78, 5) is 29.7. The molecule has 1 atom stereocenters.